The van der Waals surface area contributed by atoms with Gasteiger partial charge in [0.25, 0.3) is 0 Å². The van der Waals surface area contributed by atoms with Crippen molar-refractivity contribution in [3.05, 3.63) is 11.4 Å². The molecular formula is C15H23N5O. The Morgan fingerprint density at radius 1 is 1.14 bits per heavy atom. The number of aliphatic hydroxyl groups is 1. The molecule has 1 aliphatic carbocycles. The fraction of sp³-hybridized carbons (Fsp3) is 0.733. The first-order valence-electron chi connectivity index (χ1n) is 7.99. The SMILES string of the molecule is Cc1c(NN)nc(C2CC2)nc1N1C2CCC1CC(O)C2. The highest BCUT2D eigenvalue weighted by Gasteiger charge is 2.42. The lowest BCUT2D eigenvalue weighted by atomic mass is 9.99. The van der Waals surface area contributed by atoms with Crippen LogP contribution in [-0.4, -0.2) is 33.3 Å². The van der Waals surface area contributed by atoms with Gasteiger partial charge in [0.15, 0.2) is 0 Å². The molecule has 114 valence electrons. The van der Waals surface area contributed by atoms with Crippen LogP contribution in [0.5, 0.6) is 0 Å². The first-order valence-corrected chi connectivity index (χ1v) is 7.99. The van der Waals surface area contributed by atoms with Crippen molar-refractivity contribution in [1.82, 2.24) is 9.97 Å². The average Bonchev–Trinajstić information content (AvgIpc) is 3.26. The fourth-order valence-electron chi connectivity index (χ4n) is 3.93. The Labute approximate surface area is 124 Å². The number of anilines is 2. The lowest BCUT2D eigenvalue weighted by Gasteiger charge is -2.39. The number of nitrogens with two attached hydrogens (primary N) is 1. The minimum Gasteiger partial charge on any atom is -0.393 e. The van der Waals surface area contributed by atoms with Crippen molar-refractivity contribution in [3.8, 4) is 0 Å². The van der Waals surface area contributed by atoms with Gasteiger partial charge in [-0.3, -0.25) is 0 Å². The van der Waals surface area contributed by atoms with Gasteiger partial charge in [0.2, 0.25) is 0 Å². The zero-order valence-electron chi connectivity index (χ0n) is 12.4. The van der Waals surface area contributed by atoms with E-state index in [-0.39, 0.29) is 6.10 Å². The Balaban J connectivity index is 1.75. The Morgan fingerprint density at radius 2 is 1.81 bits per heavy atom. The molecule has 1 saturated carbocycles. The van der Waals surface area contributed by atoms with Crippen molar-refractivity contribution in [1.29, 1.82) is 0 Å². The van der Waals surface area contributed by atoms with Crippen LogP contribution in [0.3, 0.4) is 0 Å². The third kappa shape index (κ3) is 2.17. The van der Waals surface area contributed by atoms with Gasteiger partial charge in [-0.2, -0.15) is 0 Å². The van der Waals surface area contributed by atoms with Crippen molar-refractivity contribution >= 4 is 11.6 Å². The van der Waals surface area contributed by atoms with Gasteiger partial charge in [0.05, 0.1) is 6.10 Å². The third-order valence-electron chi connectivity index (χ3n) is 5.17. The molecule has 3 heterocycles. The number of fused-ring (bicyclic) bond motifs is 2. The van der Waals surface area contributed by atoms with Crippen LogP contribution in [0.2, 0.25) is 0 Å². The molecule has 2 atom stereocenters. The largest absolute Gasteiger partial charge is 0.393 e. The summed E-state index contributed by atoms with van der Waals surface area (Å²) >= 11 is 0. The van der Waals surface area contributed by atoms with Gasteiger partial charge in [0.1, 0.15) is 17.5 Å². The van der Waals surface area contributed by atoms with E-state index in [0.717, 1.165) is 48.7 Å². The second-order valence-corrected chi connectivity index (χ2v) is 6.72. The van der Waals surface area contributed by atoms with Crippen LogP contribution in [0.4, 0.5) is 11.6 Å². The minimum absolute atomic E-state index is 0.157. The van der Waals surface area contributed by atoms with Crippen molar-refractivity contribution < 1.29 is 5.11 Å². The molecule has 4 rings (SSSR count). The van der Waals surface area contributed by atoms with Crippen molar-refractivity contribution in [2.24, 2.45) is 5.84 Å². The van der Waals surface area contributed by atoms with E-state index in [2.05, 4.69) is 15.3 Å². The molecule has 1 aromatic heterocycles. The van der Waals surface area contributed by atoms with Crippen LogP contribution in [0.25, 0.3) is 0 Å². The van der Waals surface area contributed by atoms with Gasteiger partial charge < -0.3 is 15.4 Å². The fourth-order valence-corrected chi connectivity index (χ4v) is 3.93. The van der Waals surface area contributed by atoms with Crippen LogP contribution in [0, 0.1) is 6.92 Å². The second kappa shape index (κ2) is 4.81. The van der Waals surface area contributed by atoms with Crippen molar-refractivity contribution in [2.75, 3.05) is 10.3 Å². The molecule has 0 radical (unpaired) electrons. The number of nitrogen functional groups attached to an aromatic ring is 1. The molecule has 2 saturated heterocycles. The number of hydrogen-bond donors (Lipinski definition) is 3. The molecule has 6 nitrogen and oxygen atoms in total. The molecule has 21 heavy (non-hydrogen) atoms. The van der Waals surface area contributed by atoms with Crippen molar-refractivity contribution in [2.45, 2.75) is 69.6 Å². The molecule has 0 aromatic carbocycles. The van der Waals surface area contributed by atoms with Crippen LogP contribution >= 0.6 is 0 Å². The zero-order chi connectivity index (χ0) is 14.6. The number of aliphatic hydroxyl groups excluding tert-OH is 1. The Kier molecular flexibility index (Phi) is 3.04. The normalized spacial score (nSPS) is 31.6. The van der Waals surface area contributed by atoms with Crippen LogP contribution in [-0.2, 0) is 0 Å². The van der Waals surface area contributed by atoms with E-state index in [1.807, 2.05) is 6.92 Å². The maximum atomic E-state index is 9.99. The number of nitrogens with zero attached hydrogens (tertiary/aromatic N) is 3. The monoisotopic (exact) mass is 289 g/mol. The molecule has 3 aliphatic rings. The number of hydrazine groups is 1. The lowest BCUT2D eigenvalue weighted by molar-refractivity contribution is 0.126. The highest BCUT2D eigenvalue weighted by molar-refractivity contribution is 5.60. The second-order valence-electron chi connectivity index (χ2n) is 6.72. The van der Waals surface area contributed by atoms with Gasteiger partial charge in [-0.1, -0.05) is 0 Å². The summed E-state index contributed by atoms with van der Waals surface area (Å²) in [6.45, 7) is 2.03. The zero-order valence-corrected chi connectivity index (χ0v) is 12.4. The number of aromatic nitrogens is 2. The van der Waals surface area contributed by atoms with Crippen LogP contribution in [0.1, 0.15) is 55.8 Å². The van der Waals surface area contributed by atoms with E-state index in [1.54, 1.807) is 0 Å². The maximum absolute atomic E-state index is 9.99. The number of hydrogen-bond acceptors (Lipinski definition) is 6. The topological polar surface area (TPSA) is 87.3 Å². The van der Waals surface area contributed by atoms with E-state index < -0.39 is 0 Å². The standard InChI is InChI=1S/C15H23N5O/c1-8-13(19-16)17-14(9-2-3-9)18-15(8)20-10-4-5-11(20)7-12(21)6-10/h9-12,21H,2-7,16H2,1H3,(H,17,18,19). The highest BCUT2D eigenvalue weighted by Crippen LogP contribution is 2.43. The Bertz CT molecular complexity index is 545. The first-order chi connectivity index (χ1) is 10.2. The summed E-state index contributed by atoms with van der Waals surface area (Å²) in [5.74, 6) is 8.85. The number of rotatable bonds is 3. The molecule has 0 amide bonds. The summed E-state index contributed by atoms with van der Waals surface area (Å²) in [6.07, 6.45) is 6.20. The van der Waals surface area contributed by atoms with Crippen LogP contribution in [0.15, 0.2) is 0 Å². The van der Waals surface area contributed by atoms with Gasteiger partial charge in [-0.15, -0.1) is 0 Å². The molecule has 6 heteroatoms. The van der Waals surface area contributed by atoms with Gasteiger partial charge in [-0.05, 0) is 45.4 Å². The summed E-state index contributed by atoms with van der Waals surface area (Å²) < 4.78 is 0. The third-order valence-corrected chi connectivity index (χ3v) is 5.17. The number of piperidine rings is 1. The summed E-state index contributed by atoms with van der Waals surface area (Å²) in [5, 5.41) is 9.99. The summed E-state index contributed by atoms with van der Waals surface area (Å²) in [5.41, 5.74) is 3.75. The maximum Gasteiger partial charge on any atom is 0.148 e. The van der Waals surface area contributed by atoms with E-state index >= 15 is 0 Å². The number of nitrogens with one attached hydrogen (secondary N) is 1. The smallest absolute Gasteiger partial charge is 0.148 e. The van der Waals surface area contributed by atoms with Gasteiger partial charge in [0, 0.05) is 23.6 Å². The molecule has 3 fully saturated rings. The summed E-state index contributed by atoms with van der Waals surface area (Å²) in [7, 11) is 0. The molecule has 2 bridgehead atoms. The van der Waals surface area contributed by atoms with E-state index in [1.165, 1.54) is 12.8 Å². The summed E-state index contributed by atoms with van der Waals surface area (Å²) in [4.78, 5) is 11.9. The Morgan fingerprint density at radius 3 is 2.38 bits per heavy atom. The van der Waals surface area contributed by atoms with E-state index in [9.17, 15) is 5.11 Å². The van der Waals surface area contributed by atoms with E-state index in [4.69, 9.17) is 10.8 Å². The van der Waals surface area contributed by atoms with Crippen molar-refractivity contribution in [3.63, 3.8) is 0 Å². The summed E-state index contributed by atoms with van der Waals surface area (Å²) in [6, 6.07) is 0.815. The van der Waals surface area contributed by atoms with Gasteiger partial charge in [-0.25, -0.2) is 15.8 Å². The molecule has 1 aromatic rings. The molecule has 2 aliphatic heterocycles. The minimum atomic E-state index is -0.157. The predicted molar refractivity (Wildman–Crippen MR) is 81.1 cm³/mol. The molecule has 4 N–H and O–H groups in total. The molecule has 0 spiro atoms. The Hall–Kier alpha value is -1.40. The molecular weight excluding hydrogens is 266 g/mol. The molecule has 2 unspecified atom stereocenters. The quantitative estimate of drug-likeness (QED) is 0.576. The highest BCUT2D eigenvalue weighted by atomic mass is 16.3. The van der Waals surface area contributed by atoms with E-state index in [0.29, 0.717) is 18.0 Å². The lowest BCUT2D eigenvalue weighted by Crippen LogP contribution is -2.45. The van der Waals surface area contributed by atoms with Gasteiger partial charge >= 0.3 is 0 Å². The predicted octanol–water partition coefficient (Wildman–Crippen LogP) is 1.44. The average molecular weight is 289 g/mol. The first kappa shape index (κ1) is 13.3. The van der Waals surface area contributed by atoms with Crippen LogP contribution < -0.4 is 16.2 Å².